The van der Waals surface area contributed by atoms with Gasteiger partial charge in [-0.3, -0.25) is 4.79 Å². The summed E-state index contributed by atoms with van der Waals surface area (Å²) < 4.78 is 0.970. The summed E-state index contributed by atoms with van der Waals surface area (Å²) in [6, 6.07) is 13.6. The highest BCUT2D eigenvalue weighted by atomic mass is 79.9. The second-order valence-corrected chi connectivity index (χ2v) is 6.56. The van der Waals surface area contributed by atoms with Crippen LogP contribution in [0.2, 0.25) is 0 Å². The van der Waals surface area contributed by atoms with Crippen molar-refractivity contribution in [2.24, 2.45) is 0 Å². The van der Waals surface area contributed by atoms with Gasteiger partial charge in [-0.2, -0.15) is 0 Å². The quantitative estimate of drug-likeness (QED) is 0.661. The number of halogens is 1. The van der Waals surface area contributed by atoms with Crippen molar-refractivity contribution in [3.05, 3.63) is 76.0 Å². The van der Waals surface area contributed by atoms with Gasteiger partial charge in [-0.15, -0.1) is 0 Å². The van der Waals surface area contributed by atoms with E-state index in [2.05, 4.69) is 36.5 Å². The van der Waals surface area contributed by atoms with E-state index in [0.29, 0.717) is 11.5 Å². The Morgan fingerprint density at radius 3 is 2.36 bits per heavy atom. The van der Waals surface area contributed by atoms with Crippen molar-refractivity contribution in [2.45, 2.75) is 13.8 Å². The van der Waals surface area contributed by atoms with Crippen molar-refractivity contribution in [1.82, 2.24) is 9.97 Å². The topological polar surface area (TPSA) is 66.9 Å². The highest BCUT2D eigenvalue weighted by Gasteiger charge is 2.10. The summed E-state index contributed by atoms with van der Waals surface area (Å²) >= 11 is 3.41. The van der Waals surface area contributed by atoms with Gasteiger partial charge in [-0.1, -0.05) is 34.1 Å². The van der Waals surface area contributed by atoms with Crippen molar-refractivity contribution >= 4 is 39.2 Å². The second-order valence-electron chi connectivity index (χ2n) is 5.65. The Morgan fingerprint density at radius 1 is 0.960 bits per heavy atom. The molecule has 3 aromatic rings. The molecular formula is C19H17BrN4O. The Balaban J connectivity index is 1.71. The fourth-order valence-electron chi connectivity index (χ4n) is 2.31. The van der Waals surface area contributed by atoms with Crippen LogP contribution in [0, 0.1) is 13.8 Å². The lowest BCUT2D eigenvalue weighted by Crippen LogP contribution is -2.14. The molecule has 1 aromatic heterocycles. The van der Waals surface area contributed by atoms with E-state index >= 15 is 0 Å². The van der Waals surface area contributed by atoms with Gasteiger partial charge in [0.1, 0.15) is 0 Å². The summed E-state index contributed by atoms with van der Waals surface area (Å²) in [6.45, 7) is 3.94. The Labute approximate surface area is 154 Å². The number of nitrogens with zero attached hydrogens (tertiary/aromatic N) is 2. The standard InChI is InChI=1S/C19H17BrN4O/c1-12-5-3-4-6-16(12)24-19-21-10-14(11-22-19)18(25)23-17-8-7-15(20)9-13(17)2/h3-11H,1-2H3,(H,23,25)(H,21,22,24). The molecule has 5 nitrogen and oxygen atoms in total. The molecule has 2 N–H and O–H groups in total. The molecule has 0 radical (unpaired) electrons. The molecule has 0 atom stereocenters. The van der Waals surface area contributed by atoms with Gasteiger partial charge in [0.2, 0.25) is 5.95 Å². The number of para-hydroxylation sites is 1. The normalized spacial score (nSPS) is 10.4. The fourth-order valence-corrected chi connectivity index (χ4v) is 2.78. The minimum Gasteiger partial charge on any atom is -0.324 e. The minimum absolute atomic E-state index is 0.243. The van der Waals surface area contributed by atoms with Crippen molar-refractivity contribution in [1.29, 1.82) is 0 Å². The molecule has 2 aromatic carbocycles. The first-order valence-electron chi connectivity index (χ1n) is 7.75. The van der Waals surface area contributed by atoms with Gasteiger partial charge in [0.05, 0.1) is 5.56 Å². The second kappa shape index (κ2) is 7.44. The van der Waals surface area contributed by atoms with Crippen LogP contribution in [-0.2, 0) is 0 Å². The number of aryl methyl sites for hydroxylation is 2. The Morgan fingerprint density at radius 2 is 1.68 bits per heavy atom. The maximum atomic E-state index is 12.4. The van der Waals surface area contributed by atoms with E-state index < -0.39 is 0 Å². The lowest BCUT2D eigenvalue weighted by molar-refractivity contribution is 0.102. The van der Waals surface area contributed by atoms with Crippen LogP contribution in [0.15, 0.2) is 59.3 Å². The molecule has 126 valence electrons. The molecule has 0 bridgehead atoms. The van der Waals surface area contributed by atoms with Crippen molar-refractivity contribution in [2.75, 3.05) is 10.6 Å². The fraction of sp³-hybridized carbons (Fsp3) is 0.105. The molecule has 25 heavy (non-hydrogen) atoms. The van der Waals surface area contributed by atoms with E-state index in [1.165, 1.54) is 12.4 Å². The summed E-state index contributed by atoms with van der Waals surface area (Å²) in [4.78, 5) is 20.8. The smallest absolute Gasteiger partial charge is 0.258 e. The van der Waals surface area contributed by atoms with Gasteiger partial charge < -0.3 is 10.6 Å². The van der Waals surface area contributed by atoms with E-state index in [-0.39, 0.29) is 5.91 Å². The molecule has 3 rings (SSSR count). The van der Waals surface area contributed by atoms with Crippen LogP contribution in [0.3, 0.4) is 0 Å². The molecule has 0 saturated heterocycles. The van der Waals surface area contributed by atoms with E-state index in [4.69, 9.17) is 0 Å². The van der Waals surface area contributed by atoms with E-state index in [1.807, 2.05) is 56.3 Å². The van der Waals surface area contributed by atoms with Crippen molar-refractivity contribution in [3.63, 3.8) is 0 Å². The summed E-state index contributed by atoms with van der Waals surface area (Å²) in [5.74, 6) is 0.207. The minimum atomic E-state index is -0.243. The molecule has 1 heterocycles. The van der Waals surface area contributed by atoms with E-state index in [1.54, 1.807) is 0 Å². The average Bonchev–Trinajstić information content (AvgIpc) is 2.60. The number of hydrogen-bond acceptors (Lipinski definition) is 4. The van der Waals surface area contributed by atoms with Crippen LogP contribution < -0.4 is 10.6 Å². The molecule has 0 unspecified atom stereocenters. The predicted molar refractivity (Wildman–Crippen MR) is 103 cm³/mol. The monoisotopic (exact) mass is 396 g/mol. The SMILES string of the molecule is Cc1cc(Br)ccc1NC(=O)c1cnc(Nc2ccccc2C)nc1. The van der Waals surface area contributed by atoms with Gasteiger partial charge >= 0.3 is 0 Å². The molecular weight excluding hydrogens is 380 g/mol. The molecule has 6 heteroatoms. The number of amides is 1. The zero-order valence-electron chi connectivity index (χ0n) is 13.9. The zero-order valence-corrected chi connectivity index (χ0v) is 15.5. The predicted octanol–water partition coefficient (Wildman–Crippen LogP) is 4.85. The third-order valence-electron chi connectivity index (χ3n) is 3.74. The Kier molecular flexibility index (Phi) is 5.09. The maximum Gasteiger partial charge on any atom is 0.258 e. The van der Waals surface area contributed by atoms with Crippen LogP contribution in [-0.4, -0.2) is 15.9 Å². The third kappa shape index (κ3) is 4.22. The average molecular weight is 397 g/mol. The highest BCUT2D eigenvalue weighted by molar-refractivity contribution is 9.10. The number of aromatic nitrogens is 2. The van der Waals surface area contributed by atoms with E-state index in [0.717, 1.165) is 27.0 Å². The Bertz CT molecular complexity index is 910. The summed E-state index contributed by atoms with van der Waals surface area (Å²) in [5, 5.41) is 6.02. The maximum absolute atomic E-state index is 12.4. The van der Waals surface area contributed by atoms with Crippen LogP contribution >= 0.6 is 15.9 Å². The molecule has 0 fully saturated rings. The van der Waals surface area contributed by atoms with Gasteiger partial charge in [-0.05, 0) is 49.2 Å². The first kappa shape index (κ1) is 17.1. The largest absolute Gasteiger partial charge is 0.324 e. The van der Waals surface area contributed by atoms with Gasteiger partial charge in [0.15, 0.2) is 0 Å². The summed E-state index contributed by atoms with van der Waals surface area (Å²) in [7, 11) is 0. The van der Waals surface area contributed by atoms with Gasteiger partial charge in [-0.25, -0.2) is 9.97 Å². The lowest BCUT2D eigenvalue weighted by Gasteiger charge is -2.10. The first-order valence-corrected chi connectivity index (χ1v) is 8.54. The molecule has 0 aliphatic carbocycles. The number of benzene rings is 2. The number of hydrogen-bond donors (Lipinski definition) is 2. The summed E-state index contributed by atoms with van der Waals surface area (Å²) in [6.07, 6.45) is 3.02. The number of anilines is 3. The highest BCUT2D eigenvalue weighted by Crippen LogP contribution is 2.21. The number of carbonyl (C=O) groups is 1. The summed E-state index contributed by atoms with van der Waals surface area (Å²) in [5.41, 5.74) is 4.17. The zero-order chi connectivity index (χ0) is 17.8. The Hall–Kier alpha value is -2.73. The van der Waals surface area contributed by atoms with Crippen molar-refractivity contribution in [3.8, 4) is 0 Å². The molecule has 0 saturated carbocycles. The van der Waals surface area contributed by atoms with Crippen LogP contribution in [0.4, 0.5) is 17.3 Å². The number of carbonyl (C=O) groups excluding carboxylic acids is 1. The van der Waals surface area contributed by atoms with Gasteiger partial charge in [0.25, 0.3) is 5.91 Å². The van der Waals surface area contributed by atoms with Crippen molar-refractivity contribution < 1.29 is 4.79 Å². The number of rotatable bonds is 4. The lowest BCUT2D eigenvalue weighted by atomic mass is 10.2. The van der Waals surface area contributed by atoms with Crippen LogP contribution in [0.25, 0.3) is 0 Å². The molecule has 0 aliphatic heterocycles. The third-order valence-corrected chi connectivity index (χ3v) is 4.24. The first-order chi connectivity index (χ1) is 12.0. The molecule has 0 spiro atoms. The molecule has 1 amide bonds. The van der Waals surface area contributed by atoms with E-state index in [9.17, 15) is 4.79 Å². The number of nitrogens with one attached hydrogen (secondary N) is 2. The molecule has 0 aliphatic rings. The van der Waals surface area contributed by atoms with Crippen LogP contribution in [0.1, 0.15) is 21.5 Å². The van der Waals surface area contributed by atoms with Gasteiger partial charge in [0, 0.05) is 28.2 Å². The van der Waals surface area contributed by atoms with Crippen LogP contribution in [0.5, 0.6) is 0 Å².